The van der Waals surface area contributed by atoms with Crippen LogP contribution in [-0.2, 0) is 11.3 Å². The van der Waals surface area contributed by atoms with Gasteiger partial charge in [-0.2, -0.15) is 5.10 Å². The smallest absolute Gasteiger partial charge is 0.269 e. The molecule has 0 bridgehead atoms. The summed E-state index contributed by atoms with van der Waals surface area (Å²) < 4.78 is 1.71. The van der Waals surface area contributed by atoms with Crippen molar-refractivity contribution in [3.63, 3.8) is 0 Å². The molecule has 2 amide bonds. The van der Waals surface area contributed by atoms with Crippen molar-refractivity contribution in [3.8, 4) is 0 Å². The third-order valence-corrected chi connectivity index (χ3v) is 6.08. The molecule has 27 heavy (non-hydrogen) atoms. The zero-order valence-electron chi connectivity index (χ0n) is 16.9. The number of nitrogens with zero attached hydrogens (tertiary/aromatic N) is 4. The molecule has 0 spiro atoms. The fourth-order valence-corrected chi connectivity index (χ4v) is 4.63. The lowest BCUT2D eigenvalue weighted by Crippen LogP contribution is -2.48. The Bertz CT molecular complexity index is 649. The first kappa shape index (κ1) is 19.9. The Kier molecular flexibility index (Phi) is 6.52. The van der Waals surface area contributed by atoms with Crippen molar-refractivity contribution < 1.29 is 9.59 Å². The predicted octanol–water partition coefficient (Wildman–Crippen LogP) is 1.89. The van der Waals surface area contributed by atoms with Crippen LogP contribution >= 0.6 is 0 Å². The molecule has 0 aromatic carbocycles. The molecule has 7 nitrogen and oxygen atoms in total. The largest absolute Gasteiger partial charge is 0.347 e. The molecule has 150 valence electrons. The van der Waals surface area contributed by atoms with E-state index < -0.39 is 0 Å². The van der Waals surface area contributed by atoms with E-state index in [1.54, 1.807) is 16.9 Å². The van der Waals surface area contributed by atoms with E-state index >= 15 is 0 Å². The van der Waals surface area contributed by atoms with Crippen molar-refractivity contribution in [2.75, 3.05) is 19.6 Å². The number of amides is 2. The standard InChI is InChI=1S/C20H33N5O2/c1-4-23(5-2)20(27)18-13-15(14-24(18)16-9-7-8-10-16)22-19(26)17-11-12-21-25(17)6-3/h11-12,15-16,18H,4-10,13-14H2,1-3H3,(H,22,26)/t15-,18+/m1/s1. The van der Waals surface area contributed by atoms with E-state index in [0.717, 1.165) is 32.5 Å². The summed E-state index contributed by atoms with van der Waals surface area (Å²) in [6, 6.07) is 2.11. The highest BCUT2D eigenvalue weighted by Crippen LogP contribution is 2.31. The van der Waals surface area contributed by atoms with Crippen LogP contribution < -0.4 is 5.32 Å². The van der Waals surface area contributed by atoms with Crippen LogP contribution in [0.3, 0.4) is 0 Å². The first-order valence-corrected chi connectivity index (χ1v) is 10.5. The van der Waals surface area contributed by atoms with E-state index in [1.165, 1.54) is 12.8 Å². The van der Waals surface area contributed by atoms with Crippen molar-refractivity contribution in [1.29, 1.82) is 0 Å². The number of carbonyl (C=O) groups is 2. The minimum Gasteiger partial charge on any atom is -0.347 e. The zero-order valence-corrected chi connectivity index (χ0v) is 16.9. The number of aryl methyl sites for hydroxylation is 1. The van der Waals surface area contributed by atoms with Crippen molar-refractivity contribution in [2.24, 2.45) is 0 Å². The Morgan fingerprint density at radius 1 is 1.22 bits per heavy atom. The number of nitrogens with one attached hydrogen (secondary N) is 1. The first-order valence-electron chi connectivity index (χ1n) is 10.5. The molecule has 0 unspecified atom stereocenters. The lowest BCUT2D eigenvalue weighted by Gasteiger charge is -2.32. The van der Waals surface area contributed by atoms with Crippen LogP contribution in [0.25, 0.3) is 0 Å². The average molecular weight is 376 g/mol. The summed E-state index contributed by atoms with van der Waals surface area (Å²) in [4.78, 5) is 30.1. The van der Waals surface area contributed by atoms with Crippen molar-refractivity contribution in [3.05, 3.63) is 18.0 Å². The van der Waals surface area contributed by atoms with E-state index in [9.17, 15) is 9.59 Å². The van der Waals surface area contributed by atoms with Gasteiger partial charge in [0.25, 0.3) is 5.91 Å². The molecule has 2 atom stereocenters. The molecule has 1 aromatic heterocycles. The predicted molar refractivity (Wildman–Crippen MR) is 104 cm³/mol. The highest BCUT2D eigenvalue weighted by atomic mass is 16.2. The topological polar surface area (TPSA) is 70.5 Å². The molecule has 1 aliphatic heterocycles. The van der Waals surface area contributed by atoms with Gasteiger partial charge < -0.3 is 10.2 Å². The summed E-state index contributed by atoms with van der Waals surface area (Å²) in [5.74, 6) is 0.115. The van der Waals surface area contributed by atoms with Gasteiger partial charge in [0.15, 0.2) is 0 Å². The molecule has 1 N–H and O–H groups in total. The Balaban J connectivity index is 1.72. The minimum absolute atomic E-state index is 0.00261. The van der Waals surface area contributed by atoms with Crippen molar-refractivity contribution >= 4 is 11.8 Å². The maximum atomic E-state index is 13.1. The van der Waals surface area contributed by atoms with E-state index in [2.05, 4.69) is 15.3 Å². The number of aromatic nitrogens is 2. The Hall–Kier alpha value is -1.89. The second-order valence-corrected chi connectivity index (χ2v) is 7.60. The van der Waals surface area contributed by atoms with Gasteiger partial charge in [-0.05, 0) is 46.1 Å². The molecule has 2 heterocycles. The normalized spacial score (nSPS) is 23.7. The van der Waals surface area contributed by atoms with Gasteiger partial charge in [0, 0.05) is 44.5 Å². The molecule has 1 aliphatic carbocycles. The second-order valence-electron chi connectivity index (χ2n) is 7.60. The summed E-state index contributed by atoms with van der Waals surface area (Å²) in [7, 11) is 0. The maximum Gasteiger partial charge on any atom is 0.269 e. The summed E-state index contributed by atoms with van der Waals surface area (Å²) in [6.07, 6.45) is 7.14. The quantitative estimate of drug-likeness (QED) is 0.790. The molecular formula is C20H33N5O2. The van der Waals surface area contributed by atoms with E-state index in [1.807, 2.05) is 25.7 Å². The van der Waals surface area contributed by atoms with Crippen LogP contribution in [0.2, 0.25) is 0 Å². The molecule has 0 radical (unpaired) electrons. The lowest BCUT2D eigenvalue weighted by molar-refractivity contribution is -0.136. The highest BCUT2D eigenvalue weighted by molar-refractivity contribution is 5.93. The van der Waals surface area contributed by atoms with Gasteiger partial charge in [0.05, 0.1) is 6.04 Å². The number of rotatable bonds is 7. The molecule has 7 heteroatoms. The fourth-order valence-electron chi connectivity index (χ4n) is 4.63. The minimum atomic E-state index is -0.116. The van der Waals surface area contributed by atoms with Gasteiger partial charge in [-0.25, -0.2) is 0 Å². The van der Waals surface area contributed by atoms with Crippen LogP contribution in [0.15, 0.2) is 12.3 Å². The number of likely N-dealkylation sites (tertiary alicyclic amines) is 1. The summed E-state index contributed by atoms with van der Waals surface area (Å²) in [6.45, 7) is 8.92. The van der Waals surface area contributed by atoms with Gasteiger partial charge in [-0.1, -0.05) is 12.8 Å². The molecular weight excluding hydrogens is 342 g/mol. The fraction of sp³-hybridized carbons (Fsp3) is 0.750. The van der Waals surface area contributed by atoms with Gasteiger partial charge in [0.1, 0.15) is 5.69 Å². The van der Waals surface area contributed by atoms with E-state index in [0.29, 0.717) is 24.7 Å². The van der Waals surface area contributed by atoms with Crippen molar-refractivity contribution in [2.45, 2.75) is 77.5 Å². The Labute approximate surface area is 162 Å². The number of likely N-dealkylation sites (N-methyl/N-ethyl adjacent to an activating group) is 1. The van der Waals surface area contributed by atoms with Gasteiger partial charge in [-0.15, -0.1) is 0 Å². The van der Waals surface area contributed by atoms with Gasteiger partial charge in [-0.3, -0.25) is 19.2 Å². The third kappa shape index (κ3) is 4.18. The Morgan fingerprint density at radius 2 is 1.93 bits per heavy atom. The molecule has 1 saturated carbocycles. The summed E-state index contributed by atoms with van der Waals surface area (Å²) >= 11 is 0. The second kappa shape index (κ2) is 8.87. The summed E-state index contributed by atoms with van der Waals surface area (Å²) in [5.41, 5.74) is 0.587. The maximum absolute atomic E-state index is 13.1. The number of carbonyl (C=O) groups excluding carboxylic acids is 2. The van der Waals surface area contributed by atoms with Crippen LogP contribution in [0.4, 0.5) is 0 Å². The number of hydrogen-bond donors (Lipinski definition) is 1. The molecule has 2 fully saturated rings. The molecule has 2 aliphatic rings. The van der Waals surface area contributed by atoms with E-state index in [-0.39, 0.29) is 23.9 Å². The summed E-state index contributed by atoms with van der Waals surface area (Å²) in [5, 5.41) is 7.34. The molecule has 1 aromatic rings. The van der Waals surface area contributed by atoms with E-state index in [4.69, 9.17) is 0 Å². The molecule has 1 saturated heterocycles. The SMILES string of the molecule is CCN(CC)C(=O)[C@@H]1C[C@@H](NC(=O)c2ccnn2CC)CN1C1CCCC1. The third-order valence-electron chi connectivity index (χ3n) is 6.08. The van der Waals surface area contributed by atoms with Crippen LogP contribution in [0.1, 0.15) is 63.4 Å². The monoisotopic (exact) mass is 375 g/mol. The van der Waals surface area contributed by atoms with Crippen LogP contribution in [0.5, 0.6) is 0 Å². The zero-order chi connectivity index (χ0) is 19.4. The van der Waals surface area contributed by atoms with Crippen molar-refractivity contribution in [1.82, 2.24) is 24.9 Å². The van der Waals surface area contributed by atoms with Gasteiger partial charge >= 0.3 is 0 Å². The molecule has 3 rings (SSSR count). The lowest BCUT2D eigenvalue weighted by atomic mass is 10.1. The number of hydrogen-bond acceptors (Lipinski definition) is 4. The van der Waals surface area contributed by atoms with Crippen LogP contribution in [0, 0.1) is 0 Å². The Morgan fingerprint density at radius 3 is 2.56 bits per heavy atom. The van der Waals surface area contributed by atoms with Gasteiger partial charge in [0.2, 0.25) is 5.91 Å². The van der Waals surface area contributed by atoms with Crippen LogP contribution in [-0.4, -0.2) is 69.2 Å². The average Bonchev–Trinajstić information content (AvgIpc) is 3.41. The first-order chi connectivity index (χ1) is 13.1. The highest BCUT2D eigenvalue weighted by Gasteiger charge is 2.42.